The van der Waals surface area contributed by atoms with Gasteiger partial charge in [0.2, 0.25) is 5.91 Å². The molecule has 1 saturated heterocycles. The highest BCUT2D eigenvalue weighted by Gasteiger charge is 2.21. The topological polar surface area (TPSA) is 50.4 Å². The van der Waals surface area contributed by atoms with Crippen LogP contribution in [0.2, 0.25) is 0 Å². The molecule has 2 rings (SSSR count). The number of hydrogen-bond donors (Lipinski definition) is 2. The molecular weight excluding hydrogens is 336 g/mol. The number of hydrogen-bond acceptors (Lipinski definition) is 3. The van der Waals surface area contributed by atoms with Crippen molar-refractivity contribution < 1.29 is 9.53 Å². The van der Waals surface area contributed by atoms with E-state index in [1.807, 2.05) is 6.07 Å². The monoisotopic (exact) mass is 368 g/mol. The van der Waals surface area contributed by atoms with Crippen LogP contribution in [0.1, 0.15) is 38.2 Å². The van der Waals surface area contributed by atoms with Crippen molar-refractivity contribution in [3.05, 3.63) is 35.9 Å². The lowest BCUT2D eigenvalue weighted by Crippen LogP contribution is -2.33. The first-order valence-corrected chi connectivity index (χ1v) is 9.35. The van der Waals surface area contributed by atoms with E-state index >= 15 is 0 Å². The van der Waals surface area contributed by atoms with E-state index in [1.165, 1.54) is 18.4 Å². The fourth-order valence-electron chi connectivity index (χ4n) is 3.28. The predicted octanol–water partition coefficient (Wildman–Crippen LogP) is 3.20. The van der Waals surface area contributed by atoms with E-state index in [0.717, 1.165) is 32.5 Å². The minimum absolute atomic E-state index is 0. The molecule has 4 nitrogen and oxygen atoms in total. The molecule has 1 amide bonds. The number of carbonyl (C=O) groups is 1. The lowest BCUT2D eigenvalue weighted by Gasteiger charge is -2.27. The van der Waals surface area contributed by atoms with Gasteiger partial charge in [-0.3, -0.25) is 4.79 Å². The van der Waals surface area contributed by atoms with Gasteiger partial charge >= 0.3 is 0 Å². The molecule has 1 heterocycles. The van der Waals surface area contributed by atoms with Crippen LogP contribution in [0, 0.1) is 11.8 Å². The van der Waals surface area contributed by atoms with Crippen LogP contribution >= 0.6 is 12.4 Å². The molecule has 25 heavy (non-hydrogen) atoms. The summed E-state index contributed by atoms with van der Waals surface area (Å²) < 4.78 is 5.64. The molecule has 0 spiro atoms. The zero-order chi connectivity index (χ0) is 17.0. The summed E-state index contributed by atoms with van der Waals surface area (Å²) in [6, 6.07) is 10.4. The second-order valence-corrected chi connectivity index (χ2v) is 6.82. The largest absolute Gasteiger partial charge is 0.381 e. The Morgan fingerprint density at radius 1 is 1.24 bits per heavy atom. The minimum atomic E-state index is 0. The Morgan fingerprint density at radius 3 is 2.68 bits per heavy atom. The van der Waals surface area contributed by atoms with Crippen molar-refractivity contribution in [1.29, 1.82) is 0 Å². The molecule has 0 bridgehead atoms. The smallest absolute Gasteiger partial charge is 0.220 e. The average molecular weight is 369 g/mol. The van der Waals surface area contributed by atoms with Gasteiger partial charge in [-0.1, -0.05) is 37.3 Å². The first-order chi connectivity index (χ1) is 11.8. The standard InChI is InChI=1S/C20H32N2O2.ClH/c1-17(19-8-12-21-13-9-19)16-20(23)22-11-5-14-24-15-10-18-6-3-2-4-7-18;/h2-4,6-7,17,19,21H,5,8-16H2,1H3,(H,22,23);1H. The van der Waals surface area contributed by atoms with Crippen molar-refractivity contribution in [2.24, 2.45) is 11.8 Å². The van der Waals surface area contributed by atoms with Gasteiger partial charge in [0.25, 0.3) is 0 Å². The maximum Gasteiger partial charge on any atom is 0.220 e. The van der Waals surface area contributed by atoms with E-state index < -0.39 is 0 Å². The molecule has 1 fully saturated rings. The average Bonchev–Trinajstić information content (AvgIpc) is 2.62. The third kappa shape index (κ3) is 9.24. The molecule has 0 radical (unpaired) electrons. The fourth-order valence-corrected chi connectivity index (χ4v) is 3.28. The number of halogens is 1. The third-order valence-electron chi connectivity index (χ3n) is 4.86. The van der Waals surface area contributed by atoms with Gasteiger partial charge in [0.15, 0.2) is 0 Å². The summed E-state index contributed by atoms with van der Waals surface area (Å²) in [6.45, 7) is 6.56. The van der Waals surface area contributed by atoms with Crippen LogP contribution in [0.5, 0.6) is 0 Å². The van der Waals surface area contributed by atoms with Crippen LogP contribution in [-0.4, -0.2) is 38.8 Å². The van der Waals surface area contributed by atoms with E-state index in [2.05, 4.69) is 41.8 Å². The molecule has 1 unspecified atom stereocenters. The predicted molar refractivity (Wildman–Crippen MR) is 105 cm³/mol. The summed E-state index contributed by atoms with van der Waals surface area (Å²) in [7, 11) is 0. The summed E-state index contributed by atoms with van der Waals surface area (Å²) in [5.74, 6) is 1.36. The molecule has 1 aromatic rings. The van der Waals surface area contributed by atoms with E-state index in [0.29, 0.717) is 31.4 Å². The zero-order valence-electron chi connectivity index (χ0n) is 15.3. The van der Waals surface area contributed by atoms with E-state index in [4.69, 9.17) is 4.74 Å². The molecule has 2 N–H and O–H groups in total. The minimum Gasteiger partial charge on any atom is -0.381 e. The number of ether oxygens (including phenoxy) is 1. The third-order valence-corrected chi connectivity index (χ3v) is 4.86. The second-order valence-electron chi connectivity index (χ2n) is 6.82. The molecule has 1 aromatic carbocycles. The van der Waals surface area contributed by atoms with Gasteiger partial charge in [-0.05, 0) is 56.2 Å². The molecule has 1 atom stereocenters. The molecular formula is C20H33ClN2O2. The summed E-state index contributed by atoms with van der Waals surface area (Å²) in [5.41, 5.74) is 1.30. The summed E-state index contributed by atoms with van der Waals surface area (Å²) >= 11 is 0. The summed E-state index contributed by atoms with van der Waals surface area (Å²) in [4.78, 5) is 12.0. The number of piperidine rings is 1. The first kappa shape index (κ1) is 21.9. The Labute approximate surface area is 158 Å². The highest BCUT2D eigenvalue weighted by atomic mass is 35.5. The number of benzene rings is 1. The number of nitrogens with one attached hydrogen (secondary N) is 2. The normalized spacial score (nSPS) is 16.0. The van der Waals surface area contributed by atoms with Gasteiger partial charge in [0.05, 0.1) is 6.61 Å². The molecule has 0 aromatic heterocycles. The Hall–Kier alpha value is -1.10. The SMILES string of the molecule is CC(CC(=O)NCCCOCCc1ccccc1)C1CCNCC1.Cl. The molecule has 5 heteroatoms. The summed E-state index contributed by atoms with van der Waals surface area (Å²) in [6.07, 6.45) is 4.87. The van der Waals surface area contributed by atoms with Crippen LogP contribution in [0.4, 0.5) is 0 Å². The van der Waals surface area contributed by atoms with Gasteiger partial charge in [0, 0.05) is 19.6 Å². The summed E-state index contributed by atoms with van der Waals surface area (Å²) in [5, 5.41) is 6.40. The van der Waals surface area contributed by atoms with Crippen molar-refractivity contribution in [3.8, 4) is 0 Å². The number of rotatable bonds is 10. The first-order valence-electron chi connectivity index (χ1n) is 9.35. The van der Waals surface area contributed by atoms with Gasteiger partial charge in [-0.25, -0.2) is 0 Å². The van der Waals surface area contributed by atoms with Gasteiger partial charge < -0.3 is 15.4 Å². The Kier molecular flexibility index (Phi) is 11.5. The van der Waals surface area contributed by atoms with Crippen molar-refractivity contribution in [1.82, 2.24) is 10.6 Å². The molecule has 142 valence electrons. The van der Waals surface area contributed by atoms with Crippen LogP contribution in [0.25, 0.3) is 0 Å². The lowest BCUT2D eigenvalue weighted by molar-refractivity contribution is -0.122. The van der Waals surface area contributed by atoms with Crippen LogP contribution in [0.15, 0.2) is 30.3 Å². The van der Waals surface area contributed by atoms with Crippen molar-refractivity contribution in [2.45, 2.75) is 39.0 Å². The van der Waals surface area contributed by atoms with Gasteiger partial charge in [0.1, 0.15) is 0 Å². The quantitative estimate of drug-likeness (QED) is 0.623. The van der Waals surface area contributed by atoms with Crippen LogP contribution in [-0.2, 0) is 16.0 Å². The molecule has 0 saturated carbocycles. The highest BCUT2D eigenvalue weighted by molar-refractivity contribution is 5.85. The Balaban J connectivity index is 0.00000312. The maximum absolute atomic E-state index is 12.0. The Morgan fingerprint density at radius 2 is 1.96 bits per heavy atom. The molecule has 1 aliphatic rings. The van der Waals surface area contributed by atoms with Gasteiger partial charge in [-0.2, -0.15) is 0 Å². The maximum atomic E-state index is 12.0. The molecule has 1 aliphatic heterocycles. The lowest BCUT2D eigenvalue weighted by atomic mass is 9.84. The number of amides is 1. The van der Waals surface area contributed by atoms with Crippen LogP contribution < -0.4 is 10.6 Å². The second kappa shape index (κ2) is 13.2. The fraction of sp³-hybridized carbons (Fsp3) is 0.650. The zero-order valence-corrected chi connectivity index (χ0v) is 16.2. The number of carbonyl (C=O) groups excluding carboxylic acids is 1. The van der Waals surface area contributed by atoms with Crippen molar-refractivity contribution >= 4 is 18.3 Å². The van der Waals surface area contributed by atoms with Crippen molar-refractivity contribution in [2.75, 3.05) is 32.8 Å². The highest BCUT2D eigenvalue weighted by Crippen LogP contribution is 2.24. The van der Waals surface area contributed by atoms with E-state index in [9.17, 15) is 4.79 Å². The van der Waals surface area contributed by atoms with Crippen LogP contribution in [0.3, 0.4) is 0 Å². The van der Waals surface area contributed by atoms with Gasteiger partial charge in [-0.15, -0.1) is 12.4 Å². The van der Waals surface area contributed by atoms with E-state index in [-0.39, 0.29) is 18.3 Å². The van der Waals surface area contributed by atoms with E-state index in [1.54, 1.807) is 0 Å². The Bertz CT molecular complexity index is 464. The molecule has 0 aliphatic carbocycles. The van der Waals surface area contributed by atoms with Crippen molar-refractivity contribution in [3.63, 3.8) is 0 Å².